The fraction of sp³-hybridized carbons (Fsp3) is 0.647. The molecule has 1 saturated carbocycles. The van der Waals surface area contributed by atoms with E-state index in [4.69, 9.17) is 4.74 Å². The van der Waals surface area contributed by atoms with Gasteiger partial charge in [-0.05, 0) is 37.8 Å². The van der Waals surface area contributed by atoms with E-state index in [1.807, 2.05) is 12.1 Å². The molecule has 1 fully saturated rings. The summed E-state index contributed by atoms with van der Waals surface area (Å²) in [4.78, 5) is 0. The number of rotatable bonds is 5. The quantitative estimate of drug-likeness (QED) is 0.811. The molecule has 1 aliphatic carbocycles. The van der Waals surface area contributed by atoms with Crippen molar-refractivity contribution in [2.75, 3.05) is 7.11 Å². The molecule has 19 heavy (non-hydrogen) atoms. The molecule has 1 N–H and O–H groups in total. The second-order valence-corrected chi connectivity index (χ2v) is 5.77. The van der Waals surface area contributed by atoms with Crippen molar-refractivity contribution in [2.24, 2.45) is 0 Å². The summed E-state index contributed by atoms with van der Waals surface area (Å²) in [7, 11) is 1.75. The molecule has 2 nitrogen and oxygen atoms in total. The van der Waals surface area contributed by atoms with Gasteiger partial charge in [-0.3, -0.25) is 0 Å². The van der Waals surface area contributed by atoms with Crippen molar-refractivity contribution < 1.29 is 4.74 Å². The lowest BCUT2D eigenvalue weighted by molar-refractivity contribution is 0.389. The number of para-hydroxylation sites is 1. The van der Waals surface area contributed by atoms with Gasteiger partial charge in [-0.25, -0.2) is 0 Å². The highest BCUT2D eigenvalue weighted by atomic mass is 16.5. The molecule has 1 unspecified atom stereocenters. The van der Waals surface area contributed by atoms with E-state index in [1.165, 1.54) is 44.1 Å². The summed E-state index contributed by atoms with van der Waals surface area (Å²) in [6.07, 6.45) is 9.34. The largest absolute Gasteiger partial charge is 0.496 e. The Morgan fingerprint density at radius 3 is 2.53 bits per heavy atom. The van der Waals surface area contributed by atoms with E-state index in [0.717, 1.165) is 12.2 Å². The van der Waals surface area contributed by atoms with Gasteiger partial charge < -0.3 is 10.1 Å². The van der Waals surface area contributed by atoms with E-state index >= 15 is 0 Å². The van der Waals surface area contributed by atoms with Gasteiger partial charge in [-0.1, -0.05) is 43.9 Å². The zero-order valence-electron chi connectivity index (χ0n) is 12.3. The van der Waals surface area contributed by atoms with Gasteiger partial charge >= 0.3 is 0 Å². The minimum Gasteiger partial charge on any atom is -0.496 e. The first-order chi connectivity index (χ1) is 9.29. The second kappa shape index (κ2) is 7.54. The molecule has 0 radical (unpaired) electrons. The number of hydrogen-bond donors (Lipinski definition) is 1. The van der Waals surface area contributed by atoms with Gasteiger partial charge in [0.15, 0.2) is 0 Å². The summed E-state index contributed by atoms with van der Waals surface area (Å²) in [5.41, 5.74) is 1.30. The van der Waals surface area contributed by atoms with E-state index in [-0.39, 0.29) is 0 Å². The summed E-state index contributed by atoms with van der Waals surface area (Å²) in [6.45, 7) is 2.29. The van der Waals surface area contributed by atoms with Gasteiger partial charge in [0, 0.05) is 12.1 Å². The van der Waals surface area contributed by atoms with Crippen molar-refractivity contribution in [1.82, 2.24) is 5.32 Å². The number of methoxy groups -OCH3 is 1. The Morgan fingerprint density at radius 2 is 1.84 bits per heavy atom. The zero-order valence-corrected chi connectivity index (χ0v) is 12.3. The standard InChI is InChI=1S/C17H27NO/c1-14(18-16-10-5-3-4-6-11-16)13-15-9-7-8-12-17(15)19-2/h7-9,12,14,16,18H,3-6,10-11,13H2,1-2H3. The van der Waals surface area contributed by atoms with E-state index in [9.17, 15) is 0 Å². The molecule has 106 valence electrons. The molecule has 0 heterocycles. The summed E-state index contributed by atoms with van der Waals surface area (Å²) in [5, 5.41) is 3.80. The lowest BCUT2D eigenvalue weighted by Crippen LogP contribution is -2.37. The Hall–Kier alpha value is -1.02. The third kappa shape index (κ3) is 4.54. The summed E-state index contributed by atoms with van der Waals surface area (Å²) in [6, 6.07) is 9.58. The molecule has 0 saturated heterocycles. The number of nitrogens with one attached hydrogen (secondary N) is 1. The van der Waals surface area contributed by atoms with Crippen molar-refractivity contribution in [2.45, 2.75) is 64.0 Å². The Labute approximate surface area is 117 Å². The first-order valence-electron chi connectivity index (χ1n) is 7.67. The highest BCUT2D eigenvalue weighted by Crippen LogP contribution is 2.21. The van der Waals surface area contributed by atoms with Gasteiger partial charge in [0.1, 0.15) is 5.75 Å². The Bertz CT molecular complexity index is 369. The Kier molecular flexibility index (Phi) is 5.71. The smallest absolute Gasteiger partial charge is 0.122 e. The van der Waals surface area contributed by atoms with Gasteiger partial charge in [0.25, 0.3) is 0 Å². The average molecular weight is 261 g/mol. The van der Waals surface area contributed by atoms with Crippen LogP contribution < -0.4 is 10.1 Å². The maximum atomic E-state index is 5.43. The maximum Gasteiger partial charge on any atom is 0.122 e. The van der Waals surface area contributed by atoms with Crippen molar-refractivity contribution in [3.8, 4) is 5.75 Å². The molecular formula is C17H27NO. The average Bonchev–Trinajstić information content (AvgIpc) is 2.68. The van der Waals surface area contributed by atoms with Crippen molar-refractivity contribution in [3.63, 3.8) is 0 Å². The van der Waals surface area contributed by atoms with Gasteiger partial charge in [-0.2, -0.15) is 0 Å². The molecule has 2 heteroatoms. The number of hydrogen-bond acceptors (Lipinski definition) is 2. The normalized spacial score (nSPS) is 18.8. The zero-order chi connectivity index (χ0) is 13.5. The van der Waals surface area contributed by atoms with Crippen LogP contribution >= 0.6 is 0 Å². The Morgan fingerprint density at radius 1 is 1.16 bits per heavy atom. The van der Waals surface area contributed by atoms with Crippen LogP contribution in [-0.4, -0.2) is 19.2 Å². The van der Waals surface area contributed by atoms with Crippen LogP contribution in [0.5, 0.6) is 5.75 Å². The summed E-state index contributed by atoms with van der Waals surface area (Å²) < 4.78 is 5.43. The third-order valence-corrected chi connectivity index (χ3v) is 4.09. The summed E-state index contributed by atoms with van der Waals surface area (Å²) in [5.74, 6) is 1.01. The molecule has 1 aromatic carbocycles. The maximum absolute atomic E-state index is 5.43. The first kappa shape index (κ1) is 14.4. The predicted octanol–water partition coefficient (Wildman–Crippen LogP) is 3.94. The van der Waals surface area contributed by atoms with Crippen LogP contribution in [0.15, 0.2) is 24.3 Å². The van der Waals surface area contributed by atoms with Crippen molar-refractivity contribution in [3.05, 3.63) is 29.8 Å². The predicted molar refractivity (Wildman–Crippen MR) is 80.8 cm³/mol. The number of benzene rings is 1. The van der Waals surface area contributed by atoms with Crippen LogP contribution in [0.1, 0.15) is 51.0 Å². The minimum atomic E-state index is 0.513. The van der Waals surface area contributed by atoms with Crippen LogP contribution in [0.4, 0.5) is 0 Å². The molecular weight excluding hydrogens is 234 g/mol. The topological polar surface area (TPSA) is 21.3 Å². The molecule has 2 rings (SSSR count). The van der Waals surface area contributed by atoms with Crippen LogP contribution in [0.2, 0.25) is 0 Å². The lowest BCUT2D eigenvalue weighted by Gasteiger charge is -2.22. The van der Waals surface area contributed by atoms with E-state index in [1.54, 1.807) is 7.11 Å². The van der Waals surface area contributed by atoms with Crippen LogP contribution in [0, 0.1) is 0 Å². The highest BCUT2D eigenvalue weighted by Gasteiger charge is 2.15. The fourth-order valence-corrected chi connectivity index (χ4v) is 3.11. The minimum absolute atomic E-state index is 0.513. The SMILES string of the molecule is COc1ccccc1CC(C)NC1CCCCCC1. The lowest BCUT2D eigenvalue weighted by atomic mass is 10.0. The van der Waals surface area contributed by atoms with Gasteiger partial charge in [-0.15, -0.1) is 0 Å². The molecule has 1 aromatic rings. The molecule has 0 spiro atoms. The van der Waals surface area contributed by atoms with Crippen LogP contribution in [0.25, 0.3) is 0 Å². The van der Waals surface area contributed by atoms with Crippen LogP contribution in [-0.2, 0) is 6.42 Å². The molecule has 0 aromatic heterocycles. The van der Waals surface area contributed by atoms with E-state index < -0.39 is 0 Å². The molecule has 0 amide bonds. The second-order valence-electron chi connectivity index (χ2n) is 5.77. The van der Waals surface area contributed by atoms with Crippen molar-refractivity contribution in [1.29, 1.82) is 0 Å². The van der Waals surface area contributed by atoms with Crippen LogP contribution in [0.3, 0.4) is 0 Å². The van der Waals surface area contributed by atoms with E-state index in [2.05, 4.69) is 24.4 Å². The summed E-state index contributed by atoms with van der Waals surface area (Å²) >= 11 is 0. The molecule has 0 aliphatic heterocycles. The van der Waals surface area contributed by atoms with Gasteiger partial charge in [0.05, 0.1) is 7.11 Å². The third-order valence-electron chi connectivity index (χ3n) is 4.09. The molecule has 0 bridgehead atoms. The van der Waals surface area contributed by atoms with Gasteiger partial charge in [0.2, 0.25) is 0 Å². The first-order valence-corrected chi connectivity index (χ1v) is 7.67. The monoisotopic (exact) mass is 261 g/mol. The fourth-order valence-electron chi connectivity index (χ4n) is 3.11. The molecule has 1 atom stereocenters. The number of ether oxygens (including phenoxy) is 1. The molecule has 1 aliphatic rings. The highest BCUT2D eigenvalue weighted by molar-refractivity contribution is 5.33. The van der Waals surface area contributed by atoms with E-state index in [0.29, 0.717) is 12.1 Å². The van der Waals surface area contributed by atoms with Crippen molar-refractivity contribution >= 4 is 0 Å². The Balaban J connectivity index is 1.87.